The molecule has 0 amide bonds. The van der Waals surface area contributed by atoms with Gasteiger partial charge in [-0.3, -0.25) is 4.68 Å². The molecule has 0 radical (unpaired) electrons. The zero-order chi connectivity index (χ0) is 11.9. The van der Waals surface area contributed by atoms with Crippen LogP contribution < -0.4 is 10.5 Å². The van der Waals surface area contributed by atoms with E-state index >= 15 is 0 Å². The van der Waals surface area contributed by atoms with Crippen LogP contribution in [-0.4, -0.2) is 16.4 Å². The van der Waals surface area contributed by atoms with Crippen molar-refractivity contribution in [2.75, 3.05) is 6.61 Å². The second-order valence-corrected chi connectivity index (χ2v) is 3.82. The maximum absolute atomic E-state index is 5.62. The van der Waals surface area contributed by atoms with Crippen molar-refractivity contribution in [2.24, 2.45) is 5.73 Å². The first kappa shape index (κ1) is 11.7. The number of hydrogen-bond donors (Lipinski definition) is 1. The standard InChI is InChI=1S/C13H17N3O/c14-11-12-3-5-13(6-4-12)17-10-2-9-16-8-1-7-15-16/h1,3-8H,2,9-11,14H2. The largest absolute Gasteiger partial charge is 0.494 e. The minimum atomic E-state index is 0.569. The lowest BCUT2D eigenvalue weighted by atomic mass is 10.2. The minimum absolute atomic E-state index is 0.569. The molecule has 0 aliphatic carbocycles. The number of nitrogens with two attached hydrogens (primary N) is 1. The van der Waals surface area contributed by atoms with Gasteiger partial charge in [0.15, 0.2) is 0 Å². The molecule has 0 unspecified atom stereocenters. The van der Waals surface area contributed by atoms with E-state index in [1.807, 2.05) is 41.2 Å². The van der Waals surface area contributed by atoms with Crippen molar-refractivity contribution in [3.63, 3.8) is 0 Å². The maximum atomic E-state index is 5.62. The van der Waals surface area contributed by atoms with Gasteiger partial charge in [0.1, 0.15) is 5.75 Å². The maximum Gasteiger partial charge on any atom is 0.119 e. The third kappa shape index (κ3) is 3.60. The normalized spacial score (nSPS) is 10.4. The predicted octanol–water partition coefficient (Wildman–Crippen LogP) is 1.81. The Morgan fingerprint density at radius 3 is 2.71 bits per heavy atom. The van der Waals surface area contributed by atoms with E-state index in [9.17, 15) is 0 Å². The Bertz CT molecular complexity index is 422. The summed E-state index contributed by atoms with van der Waals surface area (Å²) < 4.78 is 7.53. The number of rotatable bonds is 6. The monoisotopic (exact) mass is 231 g/mol. The molecular formula is C13H17N3O. The van der Waals surface area contributed by atoms with Gasteiger partial charge in [-0.15, -0.1) is 0 Å². The van der Waals surface area contributed by atoms with E-state index in [4.69, 9.17) is 10.5 Å². The molecule has 90 valence electrons. The molecule has 0 saturated heterocycles. The van der Waals surface area contributed by atoms with Gasteiger partial charge in [0.05, 0.1) is 6.61 Å². The second-order valence-electron chi connectivity index (χ2n) is 3.82. The number of aryl methyl sites for hydroxylation is 1. The lowest BCUT2D eigenvalue weighted by molar-refractivity contribution is 0.298. The third-order valence-electron chi connectivity index (χ3n) is 2.52. The van der Waals surface area contributed by atoms with Crippen molar-refractivity contribution < 1.29 is 4.74 Å². The highest BCUT2D eigenvalue weighted by Gasteiger charge is 1.95. The zero-order valence-corrected chi connectivity index (χ0v) is 9.75. The fourth-order valence-corrected chi connectivity index (χ4v) is 1.57. The van der Waals surface area contributed by atoms with Gasteiger partial charge in [-0.1, -0.05) is 12.1 Å². The smallest absolute Gasteiger partial charge is 0.119 e. The van der Waals surface area contributed by atoms with Crippen LogP contribution in [0.5, 0.6) is 5.75 Å². The van der Waals surface area contributed by atoms with Crippen molar-refractivity contribution in [1.29, 1.82) is 0 Å². The van der Waals surface area contributed by atoms with Gasteiger partial charge in [-0.2, -0.15) is 5.10 Å². The number of benzene rings is 1. The highest BCUT2D eigenvalue weighted by atomic mass is 16.5. The molecule has 0 fully saturated rings. The van der Waals surface area contributed by atoms with Crippen molar-refractivity contribution in [3.8, 4) is 5.75 Å². The first-order valence-corrected chi connectivity index (χ1v) is 5.78. The predicted molar refractivity (Wildman–Crippen MR) is 66.7 cm³/mol. The van der Waals surface area contributed by atoms with Crippen LogP contribution in [0.15, 0.2) is 42.7 Å². The first-order valence-electron chi connectivity index (χ1n) is 5.78. The van der Waals surface area contributed by atoms with Crippen molar-refractivity contribution in [3.05, 3.63) is 48.3 Å². The molecule has 4 nitrogen and oxygen atoms in total. The van der Waals surface area contributed by atoms with Crippen molar-refractivity contribution in [2.45, 2.75) is 19.5 Å². The molecule has 0 spiro atoms. The quantitative estimate of drug-likeness (QED) is 0.771. The van der Waals surface area contributed by atoms with Crippen LogP contribution in [-0.2, 0) is 13.1 Å². The Kier molecular flexibility index (Phi) is 4.16. The number of aromatic nitrogens is 2. The minimum Gasteiger partial charge on any atom is -0.494 e. The summed E-state index contributed by atoms with van der Waals surface area (Å²) in [5.41, 5.74) is 6.64. The SMILES string of the molecule is NCc1ccc(OCCCn2cccn2)cc1. The van der Waals surface area contributed by atoms with E-state index in [0.717, 1.165) is 24.3 Å². The van der Waals surface area contributed by atoms with Crippen LogP contribution in [0.3, 0.4) is 0 Å². The van der Waals surface area contributed by atoms with Crippen LogP contribution >= 0.6 is 0 Å². The summed E-state index contributed by atoms with van der Waals surface area (Å²) in [4.78, 5) is 0. The molecule has 0 aliphatic heterocycles. The van der Waals surface area contributed by atoms with E-state index in [0.29, 0.717) is 13.2 Å². The summed E-state index contributed by atoms with van der Waals surface area (Å²) in [6, 6.07) is 9.81. The van der Waals surface area contributed by atoms with Gasteiger partial charge < -0.3 is 10.5 Å². The molecule has 0 aliphatic rings. The Morgan fingerprint density at radius 1 is 1.24 bits per heavy atom. The number of hydrogen-bond acceptors (Lipinski definition) is 3. The Balaban J connectivity index is 1.70. The fraction of sp³-hybridized carbons (Fsp3) is 0.308. The molecule has 1 aromatic carbocycles. The van der Waals surface area contributed by atoms with Gasteiger partial charge in [0, 0.05) is 31.9 Å². The fourth-order valence-electron chi connectivity index (χ4n) is 1.57. The third-order valence-corrected chi connectivity index (χ3v) is 2.52. The number of nitrogens with zero attached hydrogens (tertiary/aromatic N) is 2. The Labute approximate surface area is 101 Å². The van der Waals surface area contributed by atoms with E-state index in [1.165, 1.54) is 0 Å². The Hall–Kier alpha value is -1.81. The summed E-state index contributed by atoms with van der Waals surface area (Å²) in [5.74, 6) is 0.891. The molecule has 1 heterocycles. The van der Waals surface area contributed by atoms with Crippen LogP contribution in [0.4, 0.5) is 0 Å². The molecule has 17 heavy (non-hydrogen) atoms. The van der Waals surface area contributed by atoms with Crippen molar-refractivity contribution in [1.82, 2.24) is 9.78 Å². The highest BCUT2D eigenvalue weighted by molar-refractivity contribution is 5.26. The van der Waals surface area contributed by atoms with Crippen LogP contribution in [0.2, 0.25) is 0 Å². The summed E-state index contributed by atoms with van der Waals surface area (Å²) in [7, 11) is 0. The first-order chi connectivity index (χ1) is 8.38. The Morgan fingerprint density at radius 2 is 2.06 bits per heavy atom. The zero-order valence-electron chi connectivity index (χ0n) is 9.75. The molecule has 4 heteroatoms. The number of ether oxygens (including phenoxy) is 1. The molecule has 2 rings (SSSR count). The highest BCUT2D eigenvalue weighted by Crippen LogP contribution is 2.11. The van der Waals surface area contributed by atoms with Crippen LogP contribution in [0.1, 0.15) is 12.0 Å². The molecule has 0 bridgehead atoms. The van der Waals surface area contributed by atoms with E-state index in [-0.39, 0.29) is 0 Å². The lowest BCUT2D eigenvalue weighted by Gasteiger charge is -2.06. The van der Waals surface area contributed by atoms with E-state index in [2.05, 4.69) is 5.10 Å². The molecule has 0 saturated carbocycles. The van der Waals surface area contributed by atoms with Gasteiger partial charge in [-0.05, 0) is 23.8 Å². The lowest BCUT2D eigenvalue weighted by Crippen LogP contribution is -2.05. The summed E-state index contributed by atoms with van der Waals surface area (Å²) in [6.45, 7) is 2.15. The van der Waals surface area contributed by atoms with Gasteiger partial charge in [-0.25, -0.2) is 0 Å². The summed E-state index contributed by atoms with van der Waals surface area (Å²) in [5, 5.41) is 4.13. The van der Waals surface area contributed by atoms with E-state index < -0.39 is 0 Å². The topological polar surface area (TPSA) is 53.1 Å². The van der Waals surface area contributed by atoms with Gasteiger partial charge >= 0.3 is 0 Å². The van der Waals surface area contributed by atoms with Gasteiger partial charge in [0.25, 0.3) is 0 Å². The average Bonchev–Trinajstić information content (AvgIpc) is 2.88. The van der Waals surface area contributed by atoms with Crippen LogP contribution in [0, 0.1) is 0 Å². The molecule has 0 atom stereocenters. The van der Waals surface area contributed by atoms with Crippen LogP contribution in [0.25, 0.3) is 0 Å². The average molecular weight is 231 g/mol. The molecule has 1 aromatic heterocycles. The molecule has 2 N–H and O–H groups in total. The summed E-state index contributed by atoms with van der Waals surface area (Å²) in [6.07, 6.45) is 4.68. The molecule has 2 aromatic rings. The summed E-state index contributed by atoms with van der Waals surface area (Å²) >= 11 is 0. The van der Waals surface area contributed by atoms with Gasteiger partial charge in [0.2, 0.25) is 0 Å². The molecular weight excluding hydrogens is 214 g/mol. The van der Waals surface area contributed by atoms with Crippen molar-refractivity contribution >= 4 is 0 Å². The second kappa shape index (κ2) is 6.06. The van der Waals surface area contributed by atoms with E-state index in [1.54, 1.807) is 6.20 Å².